The monoisotopic (exact) mass is 311 g/mol. The third-order valence-electron chi connectivity index (χ3n) is 4.30. The molecule has 1 saturated carbocycles. The van der Waals surface area contributed by atoms with E-state index in [4.69, 9.17) is 5.73 Å². The number of aryl methyl sites for hydroxylation is 1. The van der Waals surface area contributed by atoms with Crippen molar-refractivity contribution in [1.29, 1.82) is 0 Å². The van der Waals surface area contributed by atoms with Gasteiger partial charge in [0.05, 0.1) is 10.9 Å². The summed E-state index contributed by atoms with van der Waals surface area (Å²) in [5, 5.41) is 10.2. The molecule has 8 heteroatoms. The van der Waals surface area contributed by atoms with Crippen LogP contribution in [0.3, 0.4) is 0 Å². The van der Waals surface area contributed by atoms with E-state index in [2.05, 4.69) is 25.5 Å². The second-order valence-corrected chi connectivity index (χ2v) is 5.88. The Balaban J connectivity index is 1.77. The highest BCUT2D eigenvalue weighted by molar-refractivity contribution is 6.14. The molecule has 0 aromatic carbocycles. The third kappa shape index (κ3) is 2.23. The maximum absolute atomic E-state index is 12.6. The Morgan fingerprint density at radius 2 is 2.26 bits per heavy atom. The minimum Gasteiger partial charge on any atom is -0.383 e. The zero-order valence-corrected chi connectivity index (χ0v) is 12.7. The molecule has 23 heavy (non-hydrogen) atoms. The van der Waals surface area contributed by atoms with Crippen molar-refractivity contribution in [2.24, 2.45) is 0 Å². The van der Waals surface area contributed by atoms with Crippen LogP contribution < -0.4 is 11.1 Å². The van der Waals surface area contributed by atoms with Crippen LogP contribution in [0, 0.1) is 6.92 Å². The maximum Gasteiger partial charge on any atom is 0.259 e. The number of nitrogen functional groups attached to an aromatic ring is 1. The van der Waals surface area contributed by atoms with Gasteiger partial charge in [0.25, 0.3) is 5.91 Å². The lowest BCUT2D eigenvalue weighted by atomic mass is 9.93. The van der Waals surface area contributed by atoms with Crippen LogP contribution in [-0.4, -0.2) is 30.6 Å². The molecule has 0 saturated heterocycles. The van der Waals surface area contributed by atoms with E-state index in [1.54, 1.807) is 6.07 Å². The fourth-order valence-corrected chi connectivity index (χ4v) is 2.89. The molecule has 0 bridgehead atoms. The summed E-state index contributed by atoms with van der Waals surface area (Å²) in [5.74, 6) is 0.532. The zero-order valence-electron chi connectivity index (χ0n) is 12.7. The Morgan fingerprint density at radius 3 is 2.91 bits per heavy atom. The van der Waals surface area contributed by atoms with E-state index < -0.39 is 0 Å². The van der Waals surface area contributed by atoms with Crippen molar-refractivity contribution in [1.82, 2.24) is 24.7 Å². The number of H-pyrrole nitrogens is 1. The van der Waals surface area contributed by atoms with Crippen LogP contribution in [0.5, 0.6) is 0 Å². The number of carbonyl (C=O) groups excluding carboxylic acids is 1. The van der Waals surface area contributed by atoms with Gasteiger partial charge in [0.1, 0.15) is 17.8 Å². The van der Waals surface area contributed by atoms with Gasteiger partial charge in [-0.1, -0.05) is 0 Å². The van der Waals surface area contributed by atoms with Crippen molar-refractivity contribution in [3.8, 4) is 0 Å². The average Bonchev–Trinajstić information content (AvgIpc) is 3.03. The number of anilines is 2. The number of hydrogen-bond donors (Lipinski definition) is 3. The van der Waals surface area contributed by atoms with Crippen LogP contribution >= 0.6 is 0 Å². The lowest BCUT2D eigenvalue weighted by Gasteiger charge is -2.27. The highest BCUT2D eigenvalue weighted by Crippen LogP contribution is 2.36. The molecule has 1 aliphatic carbocycles. The van der Waals surface area contributed by atoms with Gasteiger partial charge in [0.15, 0.2) is 5.82 Å². The molecule has 1 amide bonds. The van der Waals surface area contributed by atoms with Crippen LogP contribution in [0.2, 0.25) is 0 Å². The number of nitrogens with zero attached hydrogens (tertiary/aromatic N) is 4. The van der Waals surface area contributed by atoms with Crippen LogP contribution in [0.1, 0.15) is 41.4 Å². The second kappa shape index (κ2) is 5.08. The first-order chi connectivity index (χ1) is 11.1. The largest absolute Gasteiger partial charge is 0.383 e. The van der Waals surface area contributed by atoms with Crippen molar-refractivity contribution in [2.45, 2.75) is 32.2 Å². The van der Waals surface area contributed by atoms with Crippen LogP contribution in [0.25, 0.3) is 11.0 Å². The predicted molar refractivity (Wildman–Crippen MR) is 86.1 cm³/mol. The highest BCUT2D eigenvalue weighted by Gasteiger charge is 2.26. The minimum absolute atomic E-state index is 0.263. The van der Waals surface area contributed by atoms with Crippen molar-refractivity contribution in [3.05, 3.63) is 29.8 Å². The second-order valence-electron chi connectivity index (χ2n) is 5.88. The summed E-state index contributed by atoms with van der Waals surface area (Å²) < 4.78 is 2.04. The Bertz CT molecular complexity index is 891. The van der Waals surface area contributed by atoms with Gasteiger partial charge < -0.3 is 15.6 Å². The fourth-order valence-electron chi connectivity index (χ4n) is 2.89. The number of carbonyl (C=O) groups is 1. The molecular formula is C15H17N7O. The Kier molecular flexibility index (Phi) is 3.03. The van der Waals surface area contributed by atoms with Gasteiger partial charge in [-0.3, -0.25) is 9.89 Å². The summed E-state index contributed by atoms with van der Waals surface area (Å²) in [6.45, 7) is 1.87. The topological polar surface area (TPSA) is 115 Å². The van der Waals surface area contributed by atoms with E-state index in [-0.39, 0.29) is 5.91 Å². The van der Waals surface area contributed by atoms with E-state index in [0.29, 0.717) is 34.3 Å². The Morgan fingerprint density at radius 1 is 1.43 bits per heavy atom. The molecule has 4 N–H and O–H groups in total. The van der Waals surface area contributed by atoms with E-state index in [1.807, 2.05) is 17.7 Å². The van der Waals surface area contributed by atoms with Crippen LogP contribution in [0.4, 0.5) is 11.6 Å². The van der Waals surface area contributed by atoms with Gasteiger partial charge in [-0.2, -0.15) is 5.10 Å². The number of fused-ring (bicyclic) bond motifs is 1. The van der Waals surface area contributed by atoms with Crippen molar-refractivity contribution >= 4 is 28.6 Å². The first kappa shape index (κ1) is 13.7. The van der Waals surface area contributed by atoms with Gasteiger partial charge in [-0.25, -0.2) is 9.97 Å². The van der Waals surface area contributed by atoms with Crippen molar-refractivity contribution in [2.75, 3.05) is 11.1 Å². The maximum atomic E-state index is 12.6. The summed E-state index contributed by atoms with van der Waals surface area (Å²) >= 11 is 0. The molecule has 118 valence electrons. The molecule has 1 fully saturated rings. The minimum atomic E-state index is -0.263. The van der Waals surface area contributed by atoms with Crippen molar-refractivity contribution < 1.29 is 4.79 Å². The molecule has 8 nitrogen and oxygen atoms in total. The average molecular weight is 311 g/mol. The lowest BCUT2D eigenvalue weighted by Crippen LogP contribution is -2.17. The van der Waals surface area contributed by atoms with Gasteiger partial charge >= 0.3 is 0 Å². The molecule has 3 aromatic rings. The molecule has 0 spiro atoms. The molecule has 0 unspecified atom stereocenters. The number of nitrogens with two attached hydrogens (primary N) is 1. The third-order valence-corrected chi connectivity index (χ3v) is 4.30. The standard InChI is InChI=1S/C15H17N7O/c1-8-5-11(21-20-8)19-15(23)10-6-22(9-3-2-4-9)14-12(10)13(16)17-7-18-14/h5-7,9H,2-4H2,1H3,(H2,16,17,18)(H2,19,20,21,23). The van der Waals surface area contributed by atoms with E-state index in [9.17, 15) is 4.79 Å². The molecule has 3 aromatic heterocycles. The molecule has 0 aliphatic heterocycles. The van der Waals surface area contributed by atoms with E-state index in [0.717, 1.165) is 18.5 Å². The lowest BCUT2D eigenvalue weighted by molar-refractivity contribution is 0.102. The van der Waals surface area contributed by atoms with Gasteiger partial charge in [0.2, 0.25) is 0 Å². The first-order valence-corrected chi connectivity index (χ1v) is 7.58. The summed E-state index contributed by atoms with van der Waals surface area (Å²) in [5.41, 5.74) is 8.07. The molecule has 4 rings (SSSR count). The summed E-state index contributed by atoms with van der Waals surface area (Å²) in [6, 6.07) is 2.14. The molecule has 1 aliphatic rings. The molecule has 0 atom stereocenters. The molecular weight excluding hydrogens is 294 g/mol. The number of nitrogens with one attached hydrogen (secondary N) is 2. The number of aromatic nitrogens is 5. The Hall–Kier alpha value is -2.90. The number of amides is 1. The van der Waals surface area contributed by atoms with Gasteiger partial charge in [-0.05, 0) is 26.2 Å². The summed E-state index contributed by atoms with van der Waals surface area (Å²) in [7, 11) is 0. The number of aromatic amines is 1. The predicted octanol–water partition coefficient (Wildman–Crippen LogP) is 2.02. The number of rotatable bonds is 3. The van der Waals surface area contributed by atoms with Gasteiger partial charge in [-0.15, -0.1) is 0 Å². The zero-order chi connectivity index (χ0) is 16.0. The van der Waals surface area contributed by atoms with Crippen LogP contribution in [-0.2, 0) is 0 Å². The Labute approximate surface area is 132 Å². The van der Waals surface area contributed by atoms with E-state index >= 15 is 0 Å². The summed E-state index contributed by atoms with van der Waals surface area (Å²) in [4.78, 5) is 21.0. The van der Waals surface area contributed by atoms with Crippen LogP contribution in [0.15, 0.2) is 18.6 Å². The molecule has 3 heterocycles. The number of hydrogen-bond acceptors (Lipinski definition) is 5. The first-order valence-electron chi connectivity index (χ1n) is 7.58. The molecule has 0 radical (unpaired) electrons. The highest BCUT2D eigenvalue weighted by atomic mass is 16.1. The smallest absolute Gasteiger partial charge is 0.259 e. The van der Waals surface area contributed by atoms with E-state index in [1.165, 1.54) is 12.7 Å². The SMILES string of the molecule is Cc1cc(NC(=O)c2cn(C3CCC3)c3ncnc(N)c23)n[nH]1. The fraction of sp³-hybridized carbons (Fsp3) is 0.333. The summed E-state index contributed by atoms with van der Waals surface area (Å²) in [6.07, 6.45) is 6.64. The normalized spacial score (nSPS) is 14.8. The quantitative estimate of drug-likeness (QED) is 0.684. The van der Waals surface area contributed by atoms with Crippen molar-refractivity contribution in [3.63, 3.8) is 0 Å². The van der Waals surface area contributed by atoms with Gasteiger partial charge in [0, 0.05) is 24.0 Å².